The predicted octanol–water partition coefficient (Wildman–Crippen LogP) is 4.04. The minimum atomic E-state index is 0.570. The van der Waals surface area contributed by atoms with E-state index in [0.29, 0.717) is 6.04 Å². The fraction of sp³-hybridized carbons (Fsp3) is 0.667. The zero-order chi connectivity index (χ0) is 14.4. The molecule has 1 fully saturated rings. The molecule has 2 nitrogen and oxygen atoms in total. The van der Waals surface area contributed by atoms with Gasteiger partial charge in [-0.1, -0.05) is 44.4 Å². The van der Waals surface area contributed by atoms with E-state index in [1.807, 2.05) is 6.07 Å². The summed E-state index contributed by atoms with van der Waals surface area (Å²) in [6.07, 6.45) is 7.99. The first kappa shape index (κ1) is 15.4. The summed E-state index contributed by atoms with van der Waals surface area (Å²) >= 11 is 0. The maximum absolute atomic E-state index is 5.49. The number of methoxy groups -OCH3 is 1. The second-order valence-corrected chi connectivity index (χ2v) is 6.11. The Labute approximate surface area is 123 Å². The monoisotopic (exact) mass is 275 g/mol. The summed E-state index contributed by atoms with van der Waals surface area (Å²) in [7, 11) is 3.87. The molecule has 2 heteroatoms. The van der Waals surface area contributed by atoms with Crippen molar-refractivity contribution in [3.05, 3.63) is 29.8 Å². The molecular formula is C18H29NO. The molecule has 0 amide bonds. The lowest BCUT2D eigenvalue weighted by atomic mass is 9.75. The topological polar surface area (TPSA) is 21.3 Å². The number of para-hydroxylation sites is 1. The van der Waals surface area contributed by atoms with Crippen LogP contribution in [0.4, 0.5) is 0 Å². The molecule has 0 aromatic heterocycles. The van der Waals surface area contributed by atoms with Gasteiger partial charge in [-0.15, -0.1) is 0 Å². The molecule has 1 saturated carbocycles. The number of rotatable bonds is 6. The van der Waals surface area contributed by atoms with Gasteiger partial charge in [-0.3, -0.25) is 0 Å². The van der Waals surface area contributed by atoms with Crippen molar-refractivity contribution in [3.8, 4) is 5.75 Å². The maximum Gasteiger partial charge on any atom is 0.122 e. The van der Waals surface area contributed by atoms with Gasteiger partial charge >= 0.3 is 0 Å². The Morgan fingerprint density at radius 3 is 2.80 bits per heavy atom. The summed E-state index contributed by atoms with van der Waals surface area (Å²) in [6.45, 7) is 2.33. The van der Waals surface area contributed by atoms with E-state index in [2.05, 4.69) is 37.5 Å². The first-order valence-corrected chi connectivity index (χ1v) is 8.07. The van der Waals surface area contributed by atoms with Crippen molar-refractivity contribution in [1.29, 1.82) is 0 Å². The Hall–Kier alpha value is -1.02. The van der Waals surface area contributed by atoms with Crippen LogP contribution in [0.2, 0.25) is 0 Å². The minimum Gasteiger partial charge on any atom is -0.496 e. The van der Waals surface area contributed by atoms with Gasteiger partial charge < -0.3 is 10.1 Å². The van der Waals surface area contributed by atoms with E-state index in [-0.39, 0.29) is 0 Å². The molecule has 3 unspecified atom stereocenters. The average Bonchev–Trinajstić information content (AvgIpc) is 2.53. The van der Waals surface area contributed by atoms with Gasteiger partial charge in [-0.25, -0.2) is 0 Å². The van der Waals surface area contributed by atoms with E-state index in [0.717, 1.165) is 24.0 Å². The first-order chi connectivity index (χ1) is 9.78. The minimum absolute atomic E-state index is 0.570. The third-order valence-electron chi connectivity index (χ3n) is 4.97. The van der Waals surface area contributed by atoms with E-state index in [1.165, 1.54) is 37.7 Å². The highest BCUT2D eigenvalue weighted by Gasteiger charge is 2.27. The molecule has 2 rings (SSSR count). The number of nitrogens with one attached hydrogen (secondary N) is 1. The molecule has 1 aliphatic rings. The van der Waals surface area contributed by atoms with Crippen molar-refractivity contribution >= 4 is 0 Å². The van der Waals surface area contributed by atoms with Crippen LogP contribution >= 0.6 is 0 Å². The molecular weight excluding hydrogens is 246 g/mol. The molecule has 0 radical (unpaired) electrons. The second-order valence-electron chi connectivity index (χ2n) is 6.11. The van der Waals surface area contributed by atoms with Crippen molar-refractivity contribution in [1.82, 2.24) is 5.32 Å². The number of hydrogen-bond donors (Lipinski definition) is 1. The Bertz CT molecular complexity index is 404. The van der Waals surface area contributed by atoms with E-state index >= 15 is 0 Å². The number of hydrogen-bond acceptors (Lipinski definition) is 2. The Morgan fingerprint density at radius 1 is 1.30 bits per heavy atom. The predicted molar refractivity (Wildman–Crippen MR) is 85.3 cm³/mol. The van der Waals surface area contributed by atoms with Crippen molar-refractivity contribution in [2.75, 3.05) is 14.2 Å². The van der Waals surface area contributed by atoms with Crippen LogP contribution in [0.15, 0.2) is 24.3 Å². The van der Waals surface area contributed by atoms with E-state index in [4.69, 9.17) is 4.74 Å². The molecule has 20 heavy (non-hydrogen) atoms. The smallest absolute Gasteiger partial charge is 0.122 e. The lowest BCUT2D eigenvalue weighted by molar-refractivity contribution is 0.212. The van der Waals surface area contributed by atoms with E-state index < -0.39 is 0 Å². The Kier molecular flexibility index (Phi) is 5.90. The van der Waals surface area contributed by atoms with Gasteiger partial charge in [-0.05, 0) is 49.8 Å². The van der Waals surface area contributed by atoms with Crippen LogP contribution in [-0.4, -0.2) is 20.2 Å². The van der Waals surface area contributed by atoms with E-state index in [9.17, 15) is 0 Å². The summed E-state index contributed by atoms with van der Waals surface area (Å²) < 4.78 is 5.49. The summed E-state index contributed by atoms with van der Waals surface area (Å²) in [4.78, 5) is 0. The molecule has 0 saturated heterocycles. The van der Waals surface area contributed by atoms with Crippen LogP contribution in [-0.2, 0) is 6.42 Å². The standard InChI is InChI=1S/C18H29NO/c1-4-14-8-7-10-15(12-14)17(19-2)13-16-9-5-6-11-18(16)20-3/h5-6,9,11,14-15,17,19H,4,7-8,10,12-13H2,1-3H3. The molecule has 1 aromatic rings. The molecule has 1 aromatic carbocycles. The maximum atomic E-state index is 5.49. The summed E-state index contributed by atoms with van der Waals surface area (Å²) in [5.41, 5.74) is 1.33. The van der Waals surface area contributed by atoms with Crippen molar-refractivity contribution < 1.29 is 4.74 Å². The van der Waals surface area contributed by atoms with Gasteiger partial charge in [0, 0.05) is 6.04 Å². The third-order valence-corrected chi connectivity index (χ3v) is 4.97. The molecule has 0 spiro atoms. The molecule has 3 atom stereocenters. The summed E-state index contributed by atoms with van der Waals surface area (Å²) in [5, 5.41) is 3.56. The van der Waals surface area contributed by atoms with Crippen molar-refractivity contribution in [3.63, 3.8) is 0 Å². The molecule has 112 valence electrons. The van der Waals surface area contributed by atoms with Crippen LogP contribution in [0.3, 0.4) is 0 Å². The normalized spacial score (nSPS) is 24.4. The van der Waals surface area contributed by atoms with Crippen LogP contribution in [0.5, 0.6) is 5.75 Å². The lowest BCUT2D eigenvalue weighted by Crippen LogP contribution is -2.38. The summed E-state index contributed by atoms with van der Waals surface area (Å²) in [6, 6.07) is 8.99. The highest BCUT2D eigenvalue weighted by atomic mass is 16.5. The van der Waals surface area contributed by atoms with Crippen LogP contribution in [0.1, 0.15) is 44.6 Å². The average molecular weight is 275 g/mol. The fourth-order valence-electron chi connectivity index (χ4n) is 3.68. The highest BCUT2D eigenvalue weighted by molar-refractivity contribution is 5.34. The molecule has 1 aliphatic carbocycles. The molecule has 0 aliphatic heterocycles. The van der Waals surface area contributed by atoms with Crippen LogP contribution in [0.25, 0.3) is 0 Å². The van der Waals surface area contributed by atoms with Gasteiger partial charge in [-0.2, -0.15) is 0 Å². The lowest BCUT2D eigenvalue weighted by Gasteiger charge is -2.34. The molecule has 1 N–H and O–H groups in total. The first-order valence-electron chi connectivity index (χ1n) is 8.07. The third kappa shape index (κ3) is 3.76. The molecule has 0 bridgehead atoms. The molecule has 0 heterocycles. The van der Waals surface area contributed by atoms with Crippen molar-refractivity contribution in [2.24, 2.45) is 11.8 Å². The largest absolute Gasteiger partial charge is 0.496 e. The zero-order valence-corrected chi connectivity index (χ0v) is 13.2. The summed E-state index contributed by atoms with van der Waals surface area (Å²) in [5.74, 6) is 2.77. The van der Waals surface area contributed by atoms with Gasteiger partial charge in [0.15, 0.2) is 0 Å². The van der Waals surface area contributed by atoms with Crippen LogP contribution in [0, 0.1) is 11.8 Å². The number of ether oxygens (including phenoxy) is 1. The van der Waals surface area contributed by atoms with Crippen LogP contribution < -0.4 is 10.1 Å². The number of benzene rings is 1. The van der Waals surface area contributed by atoms with Gasteiger partial charge in [0.2, 0.25) is 0 Å². The van der Waals surface area contributed by atoms with E-state index in [1.54, 1.807) is 7.11 Å². The van der Waals surface area contributed by atoms with Gasteiger partial charge in [0.25, 0.3) is 0 Å². The second kappa shape index (κ2) is 7.68. The van der Waals surface area contributed by atoms with Gasteiger partial charge in [0.05, 0.1) is 7.11 Å². The zero-order valence-electron chi connectivity index (χ0n) is 13.2. The van der Waals surface area contributed by atoms with Gasteiger partial charge in [0.1, 0.15) is 5.75 Å². The highest BCUT2D eigenvalue weighted by Crippen LogP contribution is 2.34. The SMILES string of the molecule is CCC1CCCC(C(Cc2ccccc2OC)NC)C1. The fourth-order valence-corrected chi connectivity index (χ4v) is 3.68. The Balaban J connectivity index is 2.04. The number of likely N-dealkylation sites (N-methyl/N-ethyl adjacent to an activating group) is 1. The van der Waals surface area contributed by atoms with Crippen molar-refractivity contribution in [2.45, 2.75) is 51.5 Å². The Morgan fingerprint density at radius 2 is 2.10 bits per heavy atom. The quantitative estimate of drug-likeness (QED) is 0.846.